The summed E-state index contributed by atoms with van der Waals surface area (Å²) in [7, 11) is 0. The second-order valence-electron chi connectivity index (χ2n) is 16.3. The molecule has 0 saturated heterocycles. The van der Waals surface area contributed by atoms with E-state index in [-0.39, 0.29) is 30.9 Å². The molecule has 1 aliphatic heterocycles. The molecule has 6 aromatic carbocycles. The Morgan fingerprint density at radius 1 is 0.307 bits per heavy atom. The van der Waals surface area contributed by atoms with Gasteiger partial charge in [-0.25, -0.2) is 0 Å². The van der Waals surface area contributed by atoms with Gasteiger partial charge in [0.2, 0.25) is 0 Å². The Hall–Kier alpha value is -10.7. The molecule has 0 atom stereocenters. The molecule has 75 heavy (non-hydrogen) atoms. The Morgan fingerprint density at radius 3 is 0.640 bits per heavy atom. The monoisotopic (exact) mass is 1020 g/mol. The van der Waals surface area contributed by atoms with E-state index in [1.165, 1.54) is 24.3 Å². The Labute approximate surface area is 443 Å². The van der Waals surface area contributed by atoms with Crippen LogP contribution in [0.2, 0.25) is 0 Å². The second kappa shape index (κ2) is 23.0. The van der Waals surface area contributed by atoms with E-state index < -0.39 is 9.85 Å². The Morgan fingerprint density at radius 2 is 0.493 bits per heavy atom. The van der Waals surface area contributed by atoms with E-state index in [2.05, 4.69) is 24.3 Å². The van der Waals surface area contributed by atoms with Crippen molar-refractivity contribution >= 4 is 11.4 Å². The van der Waals surface area contributed by atoms with Crippen LogP contribution in [0.15, 0.2) is 206 Å². The molecule has 8 bridgehead atoms. The largest absolute Gasteiger partial charge is 0.628 e. The summed E-state index contributed by atoms with van der Waals surface area (Å²) >= 11 is 0. The Bertz CT molecular complexity index is 3220. The molecule has 0 aliphatic carbocycles. The minimum absolute atomic E-state index is 0. The van der Waals surface area contributed by atoms with Gasteiger partial charge in [-0.3, -0.25) is 20.2 Å². The molecule has 0 unspecified atom stereocenters. The maximum absolute atomic E-state index is 10.0. The molecule has 11 rings (SSSR count). The number of nitrogens with zero attached hydrogens (tertiary/aromatic N) is 10. The molecule has 1 aliphatic rings. The number of nitro benzene ring substituents is 2. The number of nitro groups is 2. The van der Waals surface area contributed by atoms with Crippen molar-refractivity contribution in [2.45, 2.75) is 0 Å². The fraction of sp³-hybridized carbons (Fsp3) is 0. The Balaban J connectivity index is 0.000000332. The maximum atomic E-state index is 10.0. The standard InChI is InChI=1S/C48H24N8.2C6H5NO2.Zn/c49-25-29-1-9-33(10-2-29)45-37-17-19-39(53-37)46(34-11-3-30(26-50)4-12-34)41-21-23-43(55-41)48(36-15-7-32(28-52)8-16-36)44-24-22-42(56-44)47(40-20-18-38(45)54-40)35-13-5-31(27-51)6-14-35;2*8-7(9)6-4-2-1-3-5-6;/h1-24H;2*1-5H;. The molecule has 0 N–H and O–H groups in total. The predicted molar refractivity (Wildman–Crippen MR) is 272 cm³/mol. The van der Waals surface area contributed by atoms with Crippen molar-refractivity contribution in [2.75, 3.05) is 0 Å². The van der Waals surface area contributed by atoms with Gasteiger partial charge in [-0.05, 0) is 94.1 Å². The molecular formula is C60H34N10O4Zn. The first-order chi connectivity index (χ1) is 36.1. The van der Waals surface area contributed by atoms with Gasteiger partial charge in [0.05, 0.1) is 54.4 Å². The first-order valence-electron chi connectivity index (χ1n) is 22.6. The van der Waals surface area contributed by atoms with Gasteiger partial charge in [0, 0.05) is 164 Å². The molecule has 10 aromatic rings. The van der Waals surface area contributed by atoms with Crippen molar-refractivity contribution in [3.8, 4) is 24.3 Å². The van der Waals surface area contributed by atoms with Crippen LogP contribution >= 0.6 is 0 Å². The normalized spacial score (nSPS) is 11.1. The average molecular weight is 1020 g/mol. The van der Waals surface area contributed by atoms with Gasteiger partial charge in [-0.1, -0.05) is 36.4 Å². The van der Waals surface area contributed by atoms with Gasteiger partial charge >= 0.3 is 0 Å². The fourth-order valence-corrected chi connectivity index (χ4v) is 8.22. The summed E-state index contributed by atoms with van der Waals surface area (Å²) in [5.74, 6) is 3.12. The smallest absolute Gasteiger partial charge is 0.269 e. The van der Waals surface area contributed by atoms with E-state index in [4.69, 9.17) is 19.9 Å². The number of nitriles is 4. The van der Waals surface area contributed by atoms with E-state index in [0.29, 0.717) is 67.8 Å². The van der Waals surface area contributed by atoms with Crippen molar-refractivity contribution in [1.82, 2.24) is 19.9 Å². The zero-order chi connectivity index (χ0) is 51.6. The van der Waals surface area contributed by atoms with Crippen LogP contribution in [0.25, 0.3) is 0 Å². The summed E-state index contributed by atoms with van der Waals surface area (Å²) in [6.07, 6.45) is 0. The predicted octanol–water partition coefficient (Wildman–Crippen LogP) is 10.6. The quantitative estimate of drug-likeness (QED) is 0.0654. The molecule has 350 valence electrons. The molecule has 5 heterocycles. The molecular weight excluding hydrogens is 990 g/mol. The van der Waals surface area contributed by atoms with E-state index >= 15 is 0 Å². The topological polar surface area (TPSA) is 238 Å². The van der Waals surface area contributed by atoms with Crippen LogP contribution in [0, 0.1) is 89.2 Å². The number of rotatable bonds is 6. The van der Waals surface area contributed by atoms with Crippen molar-refractivity contribution < 1.29 is 29.3 Å². The van der Waals surface area contributed by atoms with Crippen molar-refractivity contribution in [2.24, 2.45) is 0 Å². The first-order valence-corrected chi connectivity index (χ1v) is 22.6. The molecule has 0 fully saturated rings. The van der Waals surface area contributed by atoms with Gasteiger partial charge in [0.1, 0.15) is 24.3 Å². The number of benzene rings is 6. The number of aromatic nitrogens is 4. The van der Waals surface area contributed by atoms with E-state index in [0.717, 1.165) is 45.9 Å². The molecule has 0 spiro atoms. The van der Waals surface area contributed by atoms with Gasteiger partial charge in [-0.2, -0.15) is 21.0 Å². The van der Waals surface area contributed by atoms with Crippen LogP contribution in [0.1, 0.15) is 90.1 Å². The van der Waals surface area contributed by atoms with Gasteiger partial charge in [-0.15, -0.1) is 0 Å². The summed E-state index contributed by atoms with van der Waals surface area (Å²) in [6, 6.07) is 69.9. The zero-order valence-corrected chi connectivity index (χ0v) is 42.4. The zero-order valence-electron chi connectivity index (χ0n) is 39.4. The number of non-ortho nitro benzene ring substituents is 2. The number of para-hydroxylation sites is 2. The van der Waals surface area contributed by atoms with Gasteiger partial charge < -0.3 is 19.9 Å². The maximum Gasteiger partial charge on any atom is 0.269 e. The number of hydrogen-bond donors (Lipinski definition) is 0. The van der Waals surface area contributed by atoms with Gasteiger partial charge in [0.15, 0.2) is 0 Å². The summed E-state index contributed by atoms with van der Waals surface area (Å²) < 4.78 is 0. The van der Waals surface area contributed by atoms with Crippen LogP contribution in [-0.2, 0) is 19.5 Å². The number of hydrogen-bond acceptors (Lipinski definition) is 8. The Kier molecular flexibility index (Phi) is 15.6. The number of fused-ring (bicyclic) bond motifs is 8. The van der Waals surface area contributed by atoms with E-state index in [1.54, 1.807) is 84.9 Å². The van der Waals surface area contributed by atoms with E-state index in [9.17, 15) is 41.3 Å². The van der Waals surface area contributed by atoms with Crippen LogP contribution in [0.5, 0.6) is 0 Å². The summed E-state index contributed by atoms with van der Waals surface area (Å²) in [5.41, 5.74) is 11.2. The van der Waals surface area contributed by atoms with Crippen molar-refractivity contribution in [1.29, 1.82) is 21.0 Å². The third-order valence-electron chi connectivity index (χ3n) is 11.8. The SMILES string of the molecule is N#Cc1ccc([C+]2c3ccc([n-]3)[C+](c3ccc(C#N)cc3)c3ccc([n-]3)[C+](c3ccc(C#N)cc3)c3ccc([n-]3)[C+](c3ccc(C#N)cc3)c3ccc2[n-]3)cc1.O=[N+]([O-])c1ccccc1.O=[N+]([O-])c1ccccc1.[Zn]. The second-order valence-corrected chi connectivity index (χ2v) is 16.3. The van der Waals surface area contributed by atoms with Crippen LogP contribution in [0.3, 0.4) is 0 Å². The molecule has 4 aromatic heterocycles. The third kappa shape index (κ3) is 11.3. The molecule has 0 saturated carbocycles. The fourth-order valence-electron chi connectivity index (χ4n) is 8.22. The van der Waals surface area contributed by atoms with Crippen LogP contribution in [-0.4, -0.2) is 9.85 Å². The average Bonchev–Trinajstić information content (AvgIpc) is 4.32. The summed E-state index contributed by atoms with van der Waals surface area (Å²) in [6.45, 7) is 0. The van der Waals surface area contributed by atoms with Crippen molar-refractivity contribution in [3.63, 3.8) is 0 Å². The minimum atomic E-state index is -0.417. The molecule has 0 radical (unpaired) electrons. The summed E-state index contributed by atoms with van der Waals surface area (Å²) in [5, 5.41) is 58.3. The third-order valence-corrected chi connectivity index (χ3v) is 11.8. The van der Waals surface area contributed by atoms with Crippen molar-refractivity contribution in [3.05, 3.63) is 340 Å². The molecule has 0 amide bonds. The van der Waals surface area contributed by atoms with Gasteiger partial charge in [0.25, 0.3) is 11.4 Å². The first kappa shape index (κ1) is 50.7. The summed E-state index contributed by atoms with van der Waals surface area (Å²) in [4.78, 5) is 40.1. The molecule has 15 heteroatoms. The van der Waals surface area contributed by atoms with E-state index in [1.807, 2.05) is 97.1 Å². The molecule has 14 nitrogen and oxygen atoms in total. The van der Waals surface area contributed by atoms with Crippen LogP contribution < -0.4 is 19.9 Å². The minimum Gasteiger partial charge on any atom is -0.628 e. The van der Waals surface area contributed by atoms with Crippen LogP contribution in [0.4, 0.5) is 11.4 Å².